The summed E-state index contributed by atoms with van der Waals surface area (Å²) in [6, 6.07) is 0.372. The van der Waals surface area contributed by atoms with Crippen molar-refractivity contribution in [1.82, 2.24) is 5.06 Å². The zero-order valence-electron chi connectivity index (χ0n) is 42.5. The zero-order chi connectivity index (χ0) is 43.6. The Labute approximate surface area is 374 Å². The number of rotatable bonds is 49. The third-order valence-corrected chi connectivity index (χ3v) is 13.6. The van der Waals surface area contributed by atoms with Crippen LogP contribution in [-0.2, 0) is 14.3 Å². The Morgan fingerprint density at radius 3 is 0.966 bits per heavy atom. The minimum absolute atomic E-state index is 0.135. The monoisotopic (exact) mass is 836 g/mol. The van der Waals surface area contributed by atoms with Gasteiger partial charge in [0.2, 0.25) is 0 Å². The van der Waals surface area contributed by atoms with Gasteiger partial charge >= 0.3 is 0 Å². The van der Waals surface area contributed by atoms with Crippen molar-refractivity contribution in [3.63, 3.8) is 0 Å². The Hall–Kier alpha value is -0.160. The van der Waals surface area contributed by atoms with Crippen molar-refractivity contribution in [2.45, 2.75) is 335 Å². The molecule has 0 aliphatic carbocycles. The first-order valence-electron chi connectivity index (χ1n) is 27.2. The molecule has 356 valence electrons. The molecule has 0 saturated carbocycles. The van der Waals surface area contributed by atoms with Crippen LogP contribution in [0.25, 0.3) is 0 Å². The lowest BCUT2D eigenvalue weighted by Gasteiger charge is -2.33. The number of hydrogen-bond donors (Lipinski definition) is 0. The van der Waals surface area contributed by atoms with Crippen molar-refractivity contribution in [1.29, 1.82) is 0 Å². The lowest BCUT2D eigenvalue weighted by atomic mass is 9.99. The van der Waals surface area contributed by atoms with Crippen LogP contribution in [-0.4, -0.2) is 49.2 Å². The van der Waals surface area contributed by atoms with E-state index in [9.17, 15) is 0 Å². The molecule has 59 heavy (non-hydrogen) atoms. The molecule has 4 heteroatoms. The molecule has 0 aromatic heterocycles. The highest BCUT2D eigenvalue weighted by Crippen LogP contribution is 2.24. The van der Waals surface area contributed by atoms with Gasteiger partial charge in [0, 0.05) is 20.2 Å². The van der Waals surface area contributed by atoms with Gasteiger partial charge in [-0.3, -0.25) is 4.84 Å². The summed E-state index contributed by atoms with van der Waals surface area (Å²) in [5.74, 6) is 0. The van der Waals surface area contributed by atoms with Crippen LogP contribution in [0.3, 0.4) is 0 Å². The fraction of sp³-hybridized carbons (Fsp3) is 1.00. The van der Waals surface area contributed by atoms with Gasteiger partial charge in [-0.25, -0.2) is 0 Å². The quantitative estimate of drug-likeness (QED) is 0.0451. The van der Waals surface area contributed by atoms with E-state index in [1.165, 1.54) is 244 Å². The third-order valence-electron chi connectivity index (χ3n) is 13.6. The van der Waals surface area contributed by atoms with E-state index in [-0.39, 0.29) is 11.2 Å². The fourth-order valence-electron chi connectivity index (χ4n) is 8.62. The molecular formula is C55H113NO3. The second kappa shape index (κ2) is 43.1. The van der Waals surface area contributed by atoms with Crippen LogP contribution in [0.15, 0.2) is 0 Å². The molecule has 1 atom stereocenters. The van der Waals surface area contributed by atoms with E-state index in [0.717, 1.165) is 25.9 Å². The average molecular weight is 837 g/mol. The highest BCUT2D eigenvalue weighted by Gasteiger charge is 2.24. The van der Waals surface area contributed by atoms with E-state index < -0.39 is 0 Å². The molecule has 0 saturated heterocycles. The third kappa shape index (κ3) is 42.9. The van der Waals surface area contributed by atoms with Crippen molar-refractivity contribution in [3.8, 4) is 0 Å². The van der Waals surface area contributed by atoms with Crippen LogP contribution in [0.1, 0.15) is 312 Å². The van der Waals surface area contributed by atoms with Gasteiger partial charge < -0.3 is 9.47 Å². The van der Waals surface area contributed by atoms with Crippen LogP contribution in [0.5, 0.6) is 0 Å². The number of ether oxygens (including phenoxy) is 2. The topological polar surface area (TPSA) is 30.9 Å². The molecule has 0 amide bonds. The first-order valence-corrected chi connectivity index (χ1v) is 27.2. The number of hydroxylamine groups is 2. The van der Waals surface area contributed by atoms with E-state index >= 15 is 0 Å². The highest BCUT2D eigenvalue weighted by molar-refractivity contribution is 4.74. The van der Waals surface area contributed by atoms with Crippen LogP contribution in [0, 0.1) is 0 Å². The summed E-state index contributed by atoms with van der Waals surface area (Å²) < 4.78 is 11.9. The summed E-state index contributed by atoms with van der Waals surface area (Å²) in [5, 5.41) is 2.19. The van der Waals surface area contributed by atoms with Gasteiger partial charge in [-0.2, -0.15) is 5.06 Å². The maximum absolute atomic E-state index is 6.76. The minimum atomic E-state index is -0.141. The SMILES string of the molecule is CCCCCCCCCCCCCCCCCCCCC(CCCCCCCCCCCCCCCCCCCC)ON(C)C(C)CCC(C)(C)OCCC(C)(C)OC. The normalized spacial score (nSPS) is 13.1. The van der Waals surface area contributed by atoms with Gasteiger partial charge in [-0.15, -0.1) is 0 Å². The van der Waals surface area contributed by atoms with Gasteiger partial charge in [0.1, 0.15) is 0 Å². The van der Waals surface area contributed by atoms with Crippen LogP contribution in [0.2, 0.25) is 0 Å². The first kappa shape index (κ1) is 58.8. The van der Waals surface area contributed by atoms with Gasteiger partial charge in [0.05, 0.1) is 23.9 Å². The Kier molecular flexibility index (Phi) is 43.0. The van der Waals surface area contributed by atoms with E-state index in [0.29, 0.717) is 12.1 Å². The molecule has 0 N–H and O–H groups in total. The molecule has 0 fully saturated rings. The largest absolute Gasteiger partial charge is 0.379 e. The Morgan fingerprint density at radius 2 is 0.678 bits per heavy atom. The highest BCUT2D eigenvalue weighted by atomic mass is 16.7. The number of methoxy groups -OCH3 is 1. The molecule has 0 rings (SSSR count). The van der Waals surface area contributed by atoms with Crippen molar-refractivity contribution in [2.75, 3.05) is 20.8 Å². The predicted molar refractivity (Wildman–Crippen MR) is 264 cm³/mol. The van der Waals surface area contributed by atoms with Crippen molar-refractivity contribution < 1.29 is 14.3 Å². The van der Waals surface area contributed by atoms with E-state index in [4.69, 9.17) is 14.3 Å². The van der Waals surface area contributed by atoms with E-state index in [1.54, 1.807) is 7.11 Å². The smallest absolute Gasteiger partial charge is 0.0793 e. The second-order valence-electron chi connectivity index (χ2n) is 20.6. The lowest BCUT2D eigenvalue weighted by Crippen LogP contribution is -2.36. The predicted octanol–water partition coefficient (Wildman–Crippen LogP) is 18.9. The lowest BCUT2D eigenvalue weighted by molar-refractivity contribution is -0.208. The zero-order valence-corrected chi connectivity index (χ0v) is 42.5. The standard InChI is InChI=1S/C55H113NO3/c1-10-12-14-16-18-20-22-24-26-28-30-32-34-36-38-40-42-44-46-53(59-56(8)52(3)48-49-55(6,7)58-51-50-54(4,5)57-9)47-45-43-41-39-37-35-33-31-29-27-25-23-21-19-17-15-13-11-2/h52-53H,10-51H2,1-9H3. The number of unbranched alkanes of at least 4 members (excludes halogenated alkanes) is 34. The molecule has 0 aliphatic rings. The number of hydrogen-bond acceptors (Lipinski definition) is 4. The van der Waals surface area contributed by atoms with Crippen LogP contribution < -0.4 is 0 Å². The summed E-state index contributed by atoms with van der Waals surface area (Å²) >= 11 is 0. The maximum Gasteiger partial charge on any atom is 0.0793 e. The molecule has 0 aliphatic heterocycles. The van der Waals surface area contributed by atoms with Gasteiger partial charge in [0.25, 0.3) is 0 Å². The van der Waals surface area contributed by atoms with Crippen LogP contribution in [0.4, 0.5) is 0 Å². The first-order chi connectivity index (χ1) is 28.6. The average Bonchev–Trinajstić information content (AvgIpc) is 3.21. The molecule has 4 nitrogen and oxygen atoms in total. The molecular weight excluding hydrogens is 723 g/mol. The summed E-state index contributed by atoms with van der Waals surface area (Å²) in [5.41, 5.74) is -0.275. The summed E-state index contributed by atoms with van der Waals surface area (Å²) in [4.78, 5) is 6.76. The van der Waals surface area contributed by atoms with E-state index in [2.05, 4.69) is 60.6 Å². The molecule has 0 aromatic rings. The molecule has 0 spiro atoms. The van der Waals surface area contributed by atoms with Crippen molar-refractivity contribution in [3.05, 3.63) is 0 Å². The molecule has 0 heterocycles. The molecule has 0 aromatic carbocycles. The summed E-state index contributed by atoms with van der Waals surface area (Å²) in [6.07, 6.45) is 57.3. The molecule has 0 bridgehead atoms. The minimum Gasteiger partial charge on any atom is -0.379 e. The van der Waals surface area contributed by atoms with Crippen molar-refractivity contribution in [2.24, 2.45) is 0 Å². The molecule has 0 radical (unpaired) electrons. The summed E-state index contributed by atoms with van der Waals surface area (Å²) in [7, 11) is 3.97. The maximum atomic E-state index is 6.76. The fourth-order valence-corrected chi connectivity index (χ4v) is 8.62. The second-order valence-corrected chi connectivity index (χ2v) is 20.6. The summed E-state index contributed by atoms with van der Waals surface area (Å²) in [6.45, 7) is 16.4. The molecule has 1 unspecified atom stereocenters. The van der Waals surface area contributed by atoms with Gasteiger partial charge in [0.15, 0.2) is 0 Å². The number of nitrogens with zero attached hydrogens (tertiary/aromatic N) is 1. The van der Waals surface area contributed by atoms with Crippen LogP contribution >= 0.6 is 0 Å². The Balaban J connectivity index is 4.33. The van der Waals surface area contributed by atoms with Gasteiger partial charge in [-0.1, -0.05) is 245 Å². The van der Waals surface area contributed by atoms with Gasteiger partial charge in [-0.05, 0) is 66.7 Å². The Bertz CT molecular complexity index is 774. The Morgan fingerprint density at radius 1 is 0.390 bits per heavy atom. The van der Waals surface area contributed by atoms with E-state index in [1.807, 2.05) is 0 Å². The van der Waals surface area contributed by atoms with Crippen molar-refractivity contribution >= 4 is 0 Å².